The molecule has 1 aliphatic carbocycles. The first kappa shape index (κ1) is 15.0. The minimum Gasteiger partial charge on any atom is -0.338 e. The van der Waals surface area contributed by atoms with E-state index in [2.05, 4.69) is 34.2 Å². The molecule has 0 aromatic carbocycles. The lowest BCUT2D eigenvalue weighted by Gasteiger charge is -2.24. The Morgan fingerprint density at radius 3 is 2.81 bits per heavy atom. The molecule has 3 rings (SSSR count). The van der Waals surface area contributed by atoms with Crippen LogP contribution in [0.2, 0.25) is 0 Å². The van der Waals surface area contributed by atoms with Crippen molar-refractivity contribution in [2.24, 2.45) is 5.92 Å². The molecule has 3 unspecified atom stereocenters. The molecule has 0 amide bonds. The maximum Gasteiger partial charge on any atom is 0.243 e. The van der Waals surface area contributed by atoms with Crippen molar-refractivity contribution in [3.8, 4) is 0 Å². The highest BCUT2D eigenvalue weighted by atomic mass is 16.5. The number of aromatic nitrogens is 2. The zero-order valence-corrected chi connectivity index (χ0v) is 13.3. The van der Waals surface area contributed by atoms with Crippen molar-refractivity contribution in [1.29, 1.82) is 0 Å². The predicted molar refractivity (Wildman–Crippen MR) is 82.0 cm³/mol. The van der Waals surface area contributed by atoms with Crippen LogP contribution in [0.3, 0.4) is 0 Å². The van der Waals surface area contributed by atoms with Gasteiger partial charge in [-0.3, -0.25) is 0 Å². The van der Waals surface area contributed by atoms with Crippen LogP contribution in [0.1, 0.15) is 63.7 Å². The molecule has 1 aromatic rings. The Labute approximate surface area is 127 Å². The van der Waals surface area contributed by atoms with Crippen LogP contribution in [0.4, 0.5) is 0 Å². The Bertz CT molecular complexity index is 429. The first-order chi connectivity index (χ1) is 10.3. The van der Waals surface area contributed by atoms with Crippen LogP contribution in [0.5, 0.6) is 0 Å². The molecule has 1 aliphatic heterocycles. The molecule has 1 N–H and O–H groups in total. The van der Waals surface area contributed by atoms with Crippen LogP contribution in [-0.2, 0) is 6.42 Å². The molecule has 1 saturated heterocycles. The van der Waals surface area contributed by atoms with E-state index in [1.165, 1.54) is 32.1 Å². The molecule has 2 heterocycles. The van der Waals surface area contributed by atoms with Gasteiger partial charge >= 0.3 is 0 Å². The molecular weight excluding hydrogens is 264 g/mol. The molecule has 0 spiro atoms. The Balaban J connectivity index is 1.55. The van der Waals surface area contributed by atoms with Crippen molar-refractivity contribution in [2.45, 2.75) is 64.5 Å². The second-order valence-electron chi connectivity index (χ2n) is 6.43. The van der Waals surface area contributed by atoms with Crippen LogP contribution in [-0.4, -0.2) is 40.7 Å². The largest absolute Gasteiger partial charge is 0.338 e. The summed E-state index contributed by atoms with van der Waals surface area (Å²) in [5.41, 5.74) is 0. The Hall–Kier alpha value is -0.940. The van der Waals surface area contributed by atoms with Crippen LogP contribution in [0.25, 0.3) is 0 Å². The van der Waals surface area contributed by atoms with Crippen molar-refractivity contribution in [2.75, 3.05) is 19.6 Å². The zero-order valence-electron chi connectivity index (χ0n) is 13.3. The van der Waals surface area contributed by atoms with E-state index in [4.69, 9.17) is 4.52 Å². The van der Waals surface area contributed by atoms with Gasteiger partial charge in [-0.2, -0.15) is 4.98 Å². The first-order valence-electron chi connectivity index (χ1n) is 8.61. The summed E-state index contributed by atoms with van der Waals surface area (Å²) in [6, 6.07) is 0.961. The minimum absolute atomic E-state index is 0.285. The minimum atomic E-state index is 0.285. The van der Waals surface area contributed by atoms with E-state index in [-0.39, 0.29) is 6.04 Å². The summed E-state index contributed by atoms with van der Waals surface area (Å²) in [5, 5.41) is 7.87. The van der Waals surface area contributed by atoms with Gasteiger partial charge in [0.2, 0.25) is 5.89 Å². The van der Waals surface area contributed by atoms with Gasteiger partial charge in [-0.25, -0.2) is 0 Å². The van der Waals surface area contributed by atoms with E-state index in [0.29, 0.717) is 6.04 Å². The molecule has 0 bridgehead atoms. The second kappa shape index (κ2) is 6.88. The van der Waals surface area contributed by atoms with Gasteiger partial charge < -0.3 is 14.7 Å². The fourth-order valence-corrected chi connectivity index (χ4v) is 3.82. The number of likely N-dealkylation sites (N-methyl/N-ethyl adjacent to an activating group) is 1. The Morgan fingerprint density at radius 2 is 2.05 bits per heavy atom. The summed E-state index contributed by atoms with van der Waals surface area (Å²) in [4.78, 5) is 7.01. The van der Waals surface area contributed by atoms with E-state index in [0.717, 1.165) is 43.7 Å². The van der Waals surface area contributed by atoms with Gasteiger partial charge in [0.1, 0.15) is 0 Å². The average molecular weight is 292 g/mol. The Kier molecular flexibility index (Phi) is 4.91. The van der Waals surface area contributed by atoms with E-state index in [9.17, 15) is 0 Å². The lowest BCUT2D eigenvalue weighted by atomic mass is 9.85. The maximum atomic E-state index is 5.51. The quantitative estimate of drug-likeness (QED) is 0.873. The first-order valence-corrected chi connectivity index (χ1v) is 8.61. The molecule has 0 radical (unpaired) electrons. The normalized spacial score (nSPS) is 29.0. The fraction of sp³-hybridized carbons (Fsp3) is 0.875. The van der Waals surface area contributed by atoms with Gasteiger partial charge in [0.05, 0.1) is 6.04 Å². The molecule has 118 valence electrons. The lowest BCUT2D eigenvalue weighted by Crippen LogP contribution is -2.30. The maximum absolute atomic E-state index is 5.51. The van der Waals surface area contributed by atoms with Gasteiger partial charge in [-0.15, -0.1) is 0 Å². The zero-order chi connectivity index (χ0) is 14.7. The number of nitrogens with one attached hydrogen (secondary N) is 1. The van der Waals surface area contributed by atoms with E-state index in [1.54, 1.807) is 0 Å². The van der Waals surface area contributed by atoms with Crippen molar-refractivity contribution < 1.29 is 4.52 Å². The molecule has 5 heteroatoms. The molecule has 5 nitrogen and oxygen atoms in total. The van der Waals surface area contributed by atoms with Crippen molar-refractivity contribution in [3.05, 3.63) is 11.7 Å². The van der Waals surface area contributed by atoms with Gasteiger partial charge in [0.25, 0.3) is 0 Å². The fourth-order valence-electron chi connectivity index (χ4n) is 3.82. The summed E-state index contributed by atoms with van der Waals surface area (Å²) in [5.74, 6) is 2.47. The summed E-state index contributed by atoms with van der Waals surface area (Å²) in [7, 11) is 0. The highest BCUT2D eigenvalue weighted by Crippen LogP contribution is 2.38. The molecule has 3 atom stereocenters. The third-order valence-corrected chi connectivity index (χ3v) is 5.19. The molecule has 2 aliphatic rings. The van der Waals surface area contributed by atoms with Crippen molar-refractivity contribution >= 4 is 0 Å². The van der Waals surface area contributed by atoms with Crippen LogP contribution in [0.15, 0.2) is 4.52 Å². The topological polar surface area (TPSA) is 54.2 Å². The van der Waals surface area contributed by atoms with E-state index < -0.39 is 0 Å². The molecule has 21 heavy (non-hydrogen) atoms. The second-order valence-corrected chi connectivity index (χ2v) is 6.43. The monoisotopic (exact) mass is 292 g/mol. The standard InChI is InChI=1S/C16H28N4O/c1-3-20(4-2)10-9-15-18-16(21-19-15)14-11-12-7-5-6-8-13(12)17-14/h12-14,17H,3-11H2,1-2H3. The summed E-state index contributed by atoms with van der Waals surface area (Å²) >= 11 is 0. The van der Waals surface area contributed by atoms with Crippen molar-refractivity contribution in [1.82, 2.24) is 20.4 Å². The number of hydrogen-bond donors (Lipinski definition) is 1. The van der Waals surface area contributed by atoms with Crippen molar-refractivity contribution in [3.63, 3.8) is 0 Å². The highest BCUT2D eigenvalue weighted by molar-refractivity contribution is 5.02. The van der Waals surface area contributed by atoms with E-state index in [1.807, 2.05) is 0 Å². The van der Waals surface area contributed by atoms with Crippen LogP contribution < -0.4 is 5.32 Å². The predicted octanol–water partition coefficient (Wildman–Crippen LogP) is 2.55. The SMILES string of the molecule is CCN(CC)CCc1noc(C2CC3CCCCC3N2)n1. The van der Waals surface area contributed by atoms with Gasteiger partial charge in [-0.05, 0) is 38.3 Å². The van der Waals surface area contributed by atoms with Gasteiger partial charge in [-0.1, -0.05) is 31.8 Å². The molecule has 2 fully saturated rings. The number of hydrogen-bond acceptors (Lipinski definition) is 5. The molecular formula is C16H28N4O. The molecule has 1 saturated carbocycles. The van der Waals surface area contributed by atoms with Gasteiger partial charge in [0, 0.05) is 19.0 Å². The number of rotatable bonds is 6. The highest BCUT2D eigenvalue weighted by Gasteiger charge is 2.38. The van der Waals surface area contributed by atoms with E-state index >= 15 is 0 Å². The third kappa shape index (κ3) is 3.46. The lowest BCUT2D eigenvalue weighted by molar-refractivity contribution is 0.301. The average Bonchev–Trinajstić information content (AvgIpc) is 3.14. The number of nitrogens with zero attached hydrogens (tertiary/aromatic N) is 3. The summed E-state index contributed by atoms with van der Waals surface area (Å²) in [6.07, 6.45) is 7.46. The summed E-state index contributed by atoms with van der Waals surface area (Å²) < 4.78 is 5.51. The third-order valence-electron chi connectivity index (χ3n) is 5.19. The van der Waals surface area contributed by atoms with Crippen LogP contribution in [0, 0.1) is 5.92 Å². The smallest absolute Gasteiger partial charge is 0.243 e. The van der Waals surface area contributed by atoms with Crippen LogP contribution >= 0.6 is 0 Å². The summed E-state index contributed by atoms with van der Waals surface area (Å²) in [6.45, 7) is 7.55. The Morgan fingerprint density at radius 1 is 1.24 bits per heavy atom. The molecule has 1 aromatic heterocycles. The van der Waals surface area contributed by atoms with Gasteiger partial charge in [0.15, 0.2) is 5.82 Å². The number of fused-ring (bicyclic) bond motifs is 1.